The van der Waals surface area contributed by atoms with Crippen LogP contribution < -0.4 is 0 Å². The third kappa shape index (κ3) is 8.22. The Balaban J connectivity index is 1.59. The Morgan fingerprint density at radius 1 is 0.538 bits per heavy atom. The average Bonchev–Trinajstić information content (AvgIpc) is 3.28. The fourth-order valence-corrected chi connectivity index (χ4v) is 7.68. The number of aliphatic hydroxyl groups is 13. The van der Waals surface area contributed by atoms with E-state index in [4.69, 9.17) is 9.47 Å². The molecule has 6 rings (SSSR count). The van der Waals surface area contributed by atoms with E-state index in [-0.39, 0.29) is 28.7 Å². The highest BCUT2D eigenvalue weighted by Gasteiger charge is 2.64. The minimum atomic E-state index is -3.89. The number of Topliss-reactive ketones (excluding diaryl/α,β-unsaturated/α-hetero) is 3. The van der Waals surface area contributed by atoms with Crippen molar-refractivity contribution in [3.8, 4) is 11.5 Å². The molecule has 0 bridgehead atoms. The van der Waals surface area contributed by atoms with Crippen molar-refractivity contribution in [1.29, 1.82) is 0 Å². The number of phenols is 2. The fraction of sp³-hybridized carbons (Fsp3) is 0.326. The molecule has 2 aliphatic carbocycles. The van der Waals surface area contributed by atoms with Crippen molar-refractivity contribution in [3.63, 3.8) is 0 Å². The highest BCUT2D eigenvalue weighted by atomic mass is 16.6. The first-order chi connectivity index (χ1) is 30.5. The van der Waals surface area contributed by atoms with Crippen LogP contribution in [0.1, 0.15) is 11.1 Å². The summed E-state index contributed by atoms with van der Waals surface area (Å²) in [6, 6.07) is 9.97. The smallest absolute Gasteiger partial charge is 0.214 e. The minimum Gasteiger partial charge on any atom is -0.508 e. The molecule has 2 fully saturated rings. The van der Waals surface area contributed by atoms with Gasteiger partial charge in [0.05, 0.1) is 24.4 Å². The highest BCUT2D eigenvalue weighted by Crippen LogP contribution is 2.45. The van der Waals surface area contributed by atoms with Gasteiger partial charge in [0.15, 0.2) is 11.6 Å². The van der Waals surface area contributed by atoms with Gasteiger partial charge in [0.25, 0.3) is 0 Å². The maximum atomic E-state index is 14.5. The molecule has 2 saturated heterocycles. The van der Waals surface area contributed by atoms with Gasteiger partial charge in [-0.05, 0) is 53.6 Å². The molecular formula is C43H42O22. The number of carbonyl (C=O) groups excluding carboxylic acids is 5. The van der Waals surface area contributed by atoms with Crippen molar-refractivity contribution in [1.82, 2.24) is 0 Å². The standard InChI is InChI=1S/C43H42O22/c44-14-24-30(52)32(54)34(56)40(64-24)42(62)36(58)20(28(50)26(38(42)60)22(48)11-5-16-1-7-18(46)8-2-16)13-21-29(51)27(23(49)12-6-17-3-9-19(47)10-4-17)39(61)43(63,37(21)59)41-35(57)33(55)31(53)25(15-45)65-41/h1-13,24-25,30-35,40-41,44-47,52-58,60-63H,14-15H2/b11-5+,12-6+,21-13-/t24-,25?,30+,31+,32?,33?,34?,35?,40+,41+,42-,43-/m0/s1. The van der Waals surface area contributed by atoms with Gasteiger partial charge < -0.3 is 86.1 Å². The van der Waals surface area contributed by atoms with E-state index in [1.165, 1.54) is 48.5 Å². The summed E-state index contributed by atoms with van der Waals surface area (Å²) >= 11 is 0. The van der Waals surface area contributed by atoms with Gasteiger partial charge in [-0.1, -0.05) is 36.4 Å². The Labute approximate surface area is 365 Å². The maximum absolute atomic E-state index is 14.5. The molecule has 22 nitrogen and oxygen atoms in total. The van der Waals surface area contributed by atoms with Crippen LogP contribution in [-0.2, 0) is 33.4 Å². The predicted octanol–water partition coefficient (Wildman–Crippen LogP) is -3.79. The second kappa shape index (κ2) is 18.3. The SMILES string of the molecule is O=C(/C=C/c1ccc(O)cc1)C1=C(O)[C@](O)([C@@H]2OC(CO)[C@@H](O)C(O)C2O)C(=O)/C(=C\C2=C(O)[C@@](O)([C@@H]3O[C@@H](CO)[C@@H](O)C(O)C3O)C(O)=C(C(=O)/C=C/c3ccc(O)cc3)C2=O)C1=O. The number of phenolic OH excluding ortho intramolecular Hbond substituents is 2. The molecule has 2 aliphatic heterocycles. The normalized spacial score (nSPS) is 34.4. The van der Waals surface area contributed by atoms with E-state index in [0.717, 1.165) is 12.2 Å². The Morgan fingerprint density at radius 3 is 1.34 bits per heavy atom. The lowest BCUT2D eigenvalue weighted by Gasteiger charge is -2.47. The van der Waals surface area contributed by atoms with Crippen LogP contribution in [-0.4, -0.2) is 191 Å². The molecule has 4 aliphatic rings. The summed E-state index contributed by atoms with van der Waals surface area (Å²) in [5, 5.41) is 162. The summed E-state index contributed by atoms with van der Waals surface area (Å²) < 4.78 is 10.7. The van der Waals surface area contributed by atoms with Crippen LogP contribution in [0.15, 0.2) is 106 Å². The minimum absolute atomic E-state index is 0.0686. The molecule has 5 unspecified atom stereocenters. The zero-order valence-corrected chi connectivity index (χ0v) is 33.3. The number of ketones is 5. The molecular weight excluding hydrogens is 868 g/mol. The van der Waals surface area contributed by atoms with Crippen LogP contribution in [0.4, 0.5) is 0 Å². The van der Waals surface area contributed by atoms with E-state index >= 15 is 0 Å². The molecule has 22 heteroatoms. The van der Waals surface area contributed by atoms with Crippen LogP contribution in [0.5, 0.6) is 11.5 Å². The quantitative estimate of drug-likeness (QED) is 0.0759. The third-order valence-corrected chi connectivity index (χ3v) is 11.4. The number of rotatable bonds is 11. The second-order valence-electron chi connectivity index (χ2n) is 15.4. The molecule has 346 valence electrons. The molecule has 0 saturated carbocycles. The van der Waals surface area contributed by atoms with Crippen molar-refractivity contribution in [3.05, 3.63) is 117 Å². The van der Waals surface area contributed by atoms with Gasteiger partial charge in [-0.15, -0.1) is 0 Å². The van der Waals surface area contributed by atoms with E-state index in [2.05, 4.69) is 0 Å². The molecule has 15 N–H and O–H groups in total. The molecule has 2 heterocycles. The number of benzene rings is 2. The van der Waals surface area contributed by atoms with E-state index in [0.29, 0.717) is 12.2 Å². The van der Waals surface area contributed by atoms with Crippen molar-refractivity contribution < 1.29 is 110 Å². The van der Waals surface area contributed by atoms with Gasteiger partial charge in [0.1, 0.15) is 101 Å². The van der Waals surface area contributed by atoms with Crippen molar-refractivity contribution in [2.45, 2.75) is 72.2 Å². The Hall–Kier alpha value is -6.25. The third-order valence-electron chi connectivity index (χ3n) is 11.4. The van der Waals surface area contributed by atoms with Crippen LogP contribution in [0.3, 0.4) is 0 Å². The van der Waals surface area contributed by atoms with Gasteiger partial charge in [0, 0.05) is 0 Å². The van der Waals surface area contributed by atoms with Crippen LogP contribution in [0.25, 0.3) is 12.2 Å². The first kappa shape index (κ1) is 48.2. The zero-order valence-electron chi connectivity index (χ0n) is 33.3. The number of aromatic hydroxyl groups is 2. The highest BCUT2D eigenvalue weighted by molar-refractivity contribution is 6.42. The van der Waals surface area contributed by atoms with Gasteiger partial charge >= 0.3 is 0 Å². The number of hydrogen-bond donors (Lipinski definition) is 15. The fourth-order valence-electron chi connectivity index (χ4n) is 7.68. The van der Waals surface area contributed by atoms with Gasteiger partial charge in [0.2, 0.25) is 28.6 Å². The Morgan fingerprint density at radius 2 is 0.923 bits per heavy atom. The van der Waals surface area contributed by atoms with Crippen molar-refractivity contribution in [2.24, 2.45) is 0 Å². The van der Waals surface area contributed by atoms with E-state index in [1.54, 1.807) is 0 Å². The van der Waals surface area contributed by atoms with Crippen molar-refractivity contribution >= 4 is 41.1 Å². The van der Waals surface area contributed by atoms with Crippen LogP contribution >= 0.6 is 0 Å². The first-order valence-corrected chi connectivity index (χ1v) is 19.3. The summed E-state index contributed by atoms with van der Waals surface area (Å²) in [6.45, 7) is -2.32. The van der Waals surface area contributed by atoms with Gasteiger partial charge in [-0.2, -0.15) is 0 Å². The number of allylic oxidation sites excluding steroid dienone is 6. The molecule has 12 atom stereocenters. The average molecular weight is 911 g/mol. The molecule has 0 radical (unpaired) electrons. The van der Waals surface area contributed by atoms with Gasteiger partial charge in [-0.3, -0.25) is 24.0 Å². The van der Waals surface area contributed by atoms with E-state index < -0.39 is 154 Å². The molecule has 65 heavy (non-hydrogen) atoms. The monoisotopic (exact) mass is 910 g/mol. The summed E-state index contributed by atoms with van der Waals surface area (Å²) in [5.41, 5.74) is -13.4. The molecule has 2 aromatic rings. The summed E-state index contributed by atoms with van der Waals surface area (Å²) in [7, 11) is 0. The number of aliphatic hydroxyl groups excluding tert-OH is 11. The molecule has 0 aromatic heterocycles. The molecule has 2 aromatic carbocycles. The lowest BCUT2D eigenvalue weighted by molar-refractivity contribution is -0.265. The lowest BCUT2D eigenvalue weighted by atomic mass is 9.70. The second-order valence-corrected chi connectivity index (χ2v) is 15.4. The first-order valence-electron chi connectivity index (χ1n) is 19.3. The topological polar surface area (TPSA) is 407 Å². The number of carbonyl (C=O) groups is 5. The van der Waals surface area contributed by atoms with Crippen LogP contribution in [0, 0.1) is 0 Å². The summed E-state index contributed by atoms with van der Waals surface area (Å²) in [5.74, 6) is -14.7. The van der Waals surface area contributed by atoms with Gasteiger partial charge in [-0.25, -0.2) is 0 Å². The predicted molar refractivity (Wildman–Crippen MR) is 214 cm³/mol. The Kier molecular flexibility index (Phi) is 13.6. The van der Waals surface area contributed by atoms with E-state index in [1.807, 2.05) is 0 Å². The largest absolute Gasteiger partial charge is 0.508 e. The molecule has 0 amide bonds. The number of hydrogen-bond acceptors (Lipinski definition) is 22. The molecule has 0 spiro atoms. The summed E-state index contributed by atoms with van der Waals surface area (Å²) in [4.78, 5) is 70.9. The van der Waals surface area contributed by atoms with E-state index in [9.17, 15) is 101 Å². The van der Waals surface area contributed by atoms with Crippen LogP contribution in [0.2, 0.25) is 0 Å². The maximum Gasteiger partial charge on any atom is 0.214 e. The Bertz CT molecular complexity index is 2460. The zero-order chi connectivity index (χ0) is 48.0. The summed E-state index contributed by atoms with van der Waals surface area (Å²) in [6.07, 6.45) is -19.9. The van der Waals surface area contributed by atoms with Crippen molar-refractivity contribution in [2.75, 3.05) is 13.2 Å². The lowest BCUT2D eigenvalue weighted by Crippen LogP contribution is -2.69. The number of ether oxygens (including phenoxy) is 2.